The highest BCUT2D eigenvalue weighted by Gasteiger charge is 2.22. The molecule has 86 valence electrons. The largest absolute Gasteiger partial charge is 0.299 e. The molecule has 0 N–H and O–H groups in total. The Balaban J connectivity index is 2.43. The molecular formula is C15H13FO. The fraction of sp³-hybridized carbons (Fsp3) is 0.267. The summed E-state index contributed by atoms with van der Waals surface area (Å²) in [7, 11) is 0. The van der Waals surface area contributed by atoms with Gasteiger partial charge in [0.25, 0.3) is 0 Å². The number of aryl methyl sites for hydroxylation is 1. The van der Waals surface area contributed by atoms with Crippen LogP contribution in [0.3, 0.4) is 0 Å². The molecule has 17 heavy (non-hydrogen) atoms. The lowest BCUT2D eigenvalue weighted by Gasteiger charge is -2.10. The van der Waals surface area contributed by atoms with Gasteiger partial charge in [-0.15, -0.1) is 0 Å². The quantitative estimate of drug-likeness (QED) is 0.676. The van der Waals surface area contributed by atoms with Crippen LogP contribution in [0.25, 0.3) is 10.8 Å². The first kappa shape index (κ1) is 10.5. The van der Waals surface area contributed by atoms with E-state index in [0.29, 0.717) is 23.8 Å². The fourth-order valence-corrected chi connectivity index (χ4v) is 2.61. The summed E-state index contributed by atoms with van der Waals surface area (Å²) in [5.74, 6) is 0.0771. The normalized spacial score (nSPS) is 14.4. The van der Waals surface area contributed by atoms with Crippen LogP contribution in [-0.4, -0.2) is 5.78 Å². The van der Waals surface area contributed by atoms with Gasteiger partial charge in [-0.25, -0.2) is 4.39 Å². The van der Waals surface area contributed by atoms with Crippen LogP contribution in [0, 0.1) is 19.7 Å². The SMILES string of the molecule is Cc1cc2c3c(ccc2c(F)c1C)CC(=O)C3. The Morgan fingerprint density at radius 2 is 1.88 bits per heavy atom. The van der Waals surface area contributed by atoms with Crippen LogP contribution in [0.1, 0.15) is 22.3 Å². The predicted octanol–water partition coefficient (Wildman–Crippen LogP) is 3.26. The molecule has 2 heteroatoms. The molecule has 2 aromatic carbocycles. The third-order valence-corrected chi connectivity index (χ3v) is 3.73. The van der Waals surface area contributed by atoms with Gasteiger partial charge in [-0.05, 0) is 41.5 Å². The Bertz CT molecular complexity index is 656. The molecular weight excluding hydrogens is 215 g/mol. The molecule has 0 atom stereocenters. The van der Waals surface area contributed by atoms with E-state index in [1.165, 1.54) is 0 Å². The monoisotopic (exact) mass is 228 g/mol. The maximum Gasteiger partial charge on any atom is 0.141 e. The molecule has 1 nitrogen and oxygen atoms in total. The molecule has 0 aromatic heterocycles. The van der Waals surface area contributed by atoms with Crippen molar-refractivity contribution in [2.24, 2.45) is 0 Å². The van der Waals surface area contributed by atoms with Crippen LogP contribution < -0.4 is 0 Å². The van der Waals surface area contributed by atoms with Crippen molar-refractivity contribution < 1.29 is 9.18 Å². The van der Waals surface area contributed by atoms with E-state index in [9.17, 15) is 9.18 Å². The van der Waals surface area contributed by atoms with Gasteiger partial charge < -0.3 is 0 Å². The third kappa shape index (κ3) is 1.40. The molecule has 0 fully saturated rings. The standard InChI is InChI=1S/C15H13FO/c1-8-5-14-12(15(16)9(8)2)4-3-10-6-11(17)7-13(10)14/h3-5H,6-7H2,1-2H3. The highest BCUT2D eigenvalue weighted by atomic mass is 19.1. The second-order valence-electron chi connectivity index (χ2n) is 4.82. The number of benzene rings is 2. The van der Waals surface area contributed by atoms with Crippen LogP contribution in [0.4, 0.5) is 4.39 Å². The first-order valence-electron chi connectivity index (χ1n) is 5.80. The number of ketones is 1. The molecule has 0 heterocycles. The average Bonchev–Trinajstić information content (AvgIpc) is 2.67. The zero-order valence-electron chi connectivity index (χ0n) is 9.93. The van der Waals surface area contributed by atoms with E-state index < -0.39 is 0 Å². The third-order valence-electron chi connectivity index (χ3n) is 3.73. The number of halogens is 1. The van der Waals surface area contributed by atoms with Crippen molar-refractivity contribution in [2.75, 3.05) is 0 Å². The first-order chi connectivity index (χ1) is 8.08. The fourth-order valence-electron chi connectivity index (χ4n) is 2.61. The summed E-state index contributed by atoms with van der Waals surface area (Å²) in [6, 6.07) is 5.69. The Labute approximate surface area is 99.3 Å². The topological polar surface area (TPSA) is 17.1 Å². The second-order valence-corrected chi connectivity index (χ2v) is 4.82. The van der Waals surface area contributed by atoms with E-state index in [1.54, 1.807) is 13.0 Å². The van der Waals surface area contributed by atoms with Gasteiger partial charge in [0.1, 0.15) is 11.6 Å². The Morgan fingerprint density at radius 1 is 1.12 bits per heavy atom. The average molecular weight is 228 g/mol. The first-order valence-corrected chi connectivity index (χ1v) is 5.80. The van der Waals surface area contributed by atoms with E-state index in [1.807, 2.05) is 19.1 Å². The minimum atomic E-state index is -0.151. The number of rotatable bonds is 0. The van der Waals surface area contributed by atoms with Gasteiger partial charge in [0.15, 0.2) is 0 Å². The zero-order valence-corrected chi connectivity index (χ0v) is 9.93. The van der Waals surface area contributed by atoms with E-state index in [-0.39, 0.29) is 11.6 Å². The summed E-state index contributed by atoms with van der Waals surface area (Å²) in [5, 5.41) is 1.55. The molecule has 0 bridgehead atoms. The Kier molecular flexibility index (Phi) is 2.09. The van der Waals surface area contributed by atoms with Gasteiger partial charge in [-0.3, -0.25) is 4.79 Å². The minimum absolute atomic E-state index is 0.151. The smallest absolute Gasteiger partial charge is 0.141 e. The number of Topliss-reactive ketones (excluding diaryl/α,β-unsaturated/α-hetero) is 1. The van der Waals surface area contributed by atoms with Gasteiger partial charge in [-0.2, -0.15) is 0 Å². The lowest BCUT2D eigenvalue weighted by molar-refractivity contribution is -0.117. The number of carbonyl (C=O) groups excluding carboxylic acids is 1. The summed E-state index contributed by atoms with van der Waals surface area (Å²) in [4.78, 5) is 11.5. The lowest BCUT2D eigenvalue weighted by atomic mass is 9.96. The van der Waals surface area contributed by atoms with Crippen LogP contribution >= 0.6 is 0 Å². The molecule has 0 radical (unpaired) electrons. The molecule has 0 aliphatic heterocycles. The van der Waals surface area contributed by atoms with Crippen molar-refractivity contribution in [3.05, 3.63) is 46.3 Å². The highest BCUT2D eigenvalue weighted by Crippen LogP contribution is 2.32. The maximum absolute atomic E-state index is 14.1. The van der Waals surface area contributed by atoms with Crippen LogP contribution in [-0.2, 0) is 17.6 Å². The van der Waals surface area contributed by atoms with Crippen molar-refractivity contribution in [2.45, 2.75) is 26.7 Å². The predicted molar refractivity (Wildman–Crippen MR) is 65.8 cm³/mol. The molecule has 0 unspecified atom stereocenters. The second kappa shape index (κ2) is 3.39. The van der Waals surface area contributed by atoms with Gasteiger partial charge in [0.05, 0.1) is 0 Å². The summed E-state index contributed by atoms with van der Waals surface area (Å²) in [5.41, 5.74) is 3.73. The molecule has 0 saturated heterocycles. The van der Waals surface area contributed by atoms with Crippen LogP contribution in [0.15, 0.2) is 18.2 Å². The minimum Gasteiger partial charge on any atom is -0.299 e. The number of hydrogen-bond donors (Lipinski definition) is 0. The van der Waals surface area contributed by atoms with Crippen LogP contribution in [0.2, 0.25) is 0 Å². The number of fused-ring (bicyclic) bond motifs is 3. The van der Waals surface area contributed by atoms with Crippen molar-refractivity contribution in [1.82, 2.24) is 0 Å². The van der Waals surface area contributed by atoms with Crippen molar-refractivity contribution in [3.63, 3.8) is 0 Å². The van der Waals surface area contributed by atoms with Gasteiger partial charge in [-0.1, -0.05) is 18.2 Å². The summed E-state index contributed by atoms with van der Waals surface area (Å²) in [6.07, 6.45) is 0.953. The van der Waals surface area contributed by atoms with E-state index >= 15 is 0 Å². The van der Waals surface area contributed by atoms with Crippen molar-refractivity contribution >= 4 is 16.6 Å². The molecule has 2 aromatic rings. The molecule has 3 rings (SSSR count). The molecule has 0 amide bonds. The molecule has 0 spiro atoms. The van der Waals surface area contributed by atoms with Gasteiger partial charge >= 0.3 is 0 Å². The van der Waals surface area contributed by atoms with Crippen molar-refractivity contribution in [3.8, 4) is 0 Å². The number of hydrogen-bond acceptors (Lipinski definition) is 1. The maximum atomic E-state index is 14.1. The van der Waals surface area contributed by atoms with Crippen molar-refractivity contribution in [1.29, 1.82) is 0 Å². The van der Waals surface area contributed by atoms with E-state index in [0.717, 1.165) is 22.1 Å². The van der Waals surface area contributed by atoms with E-state index in [2.05, 4.69) is 0 Å². The molecule has 1 aliphatic rings. The lowest BCUT2D eigenvalue weighted by Crippen LogP contribution is -1.94. The zero-order chi connectivity index (χ0) is 12.2. The van der Waals surface area contributed by atoms with E-state index in [4.69, 9.17) is 0 Å². The van der Waals surface area contributed by atoms with Gasteiger partial charge in [0, 0.05) is 18.2 Å². The van der Waals surface area contributed by atoms with Crippen LogP contribution in [0.5, 0.6) is 0 Å². The van der Waals surface area contributed by atoms with Gasteiger partial charge in [0.2, 0.25) is 0 Å². The summed E-state index contributed by atoms with van der Waals surface area (Å²) >= 11 is 0. The summed E-state index contributed by atoms with van der Waals surface area (Å²) < 4.78 is 14.1. The Hall–Kier alpha value is -1.70. The Morgan fingerprint density at radius 3 is 2.65 bits per heavy atom. The highest BCUT2D eigenvalue weighted by molar-refractivity contribution is 5.98. The summed E-state index contributed by atoms with van der Waals surface area (Å²) in [6.45, 7) is 3.70. The number of carbonyl (C=O) groups is 1. The molecule has 0 saturated carbocycles. The molecule has 1 aliphatic carbocycles.